The average molecular weight is 452 g/mol. The molecular weight excluding hydrogens is 431 g/mol. The molecule has 0 unspecified atom stereocenters. The first-order valence-electron chi connectivity index (χ1n) is 10.1. The predicted octanol–water partition coefficient (Wildman–Crippen LogP) is 7.31. The molecule has 4 nitrogen and oxygen atoms in total. The highest BCUT2D eigenvalue weighted by Crippen LogP contribution is 2.44. The maximum atomic E-state index is 13.7. The minimum absolute atomic E-state index is 0.0437. The number of aromatic nitrogens is 1. The van der Waals surface area contributed by atoms with Crippen molar-refractivity contribution in [2.45, 2.75) is 50.6 Å². The molecule has 2 aromatic carbocycles. The van der Waals surface area contributed by atoms with Gasteiger partial charge in [-0.1, -0.05) is 30.9 Å². The highest BCUT2D eigenvalue weighted by Gasteiger charge is 2.36. The Morgan fingerprint density at radius 3 is 2.58 bits per heavy atom. The van der Waals surface area contributed by atoms with Crippen molar-refractivity contribution < 1.29 is 27.8 Å². The number of alkyl halides is 3. The van der Waals surface area contributed by atoms with E-state index in [1.54, 1.807) is 18.2 Å². The third-order valence-electron chi connectivity index (χ3n) is 5.71. The van der Waals surface area contributed by atoms with Gasteiger partial charge in [0.15, 0.2) is 5.75 Å². The van der Waals surface area contributed by atoms with E-state index in [1.807, 2.05) is 6.20 Å². The van der Waals surface area contributed by atoms with Gasteiger partial charge in [-0.2, -0.15) is 13.2 Å². The van der Waals surface area contributed by atoms with E-state index in [1.165, 1.54) is 25.3 Å². The lowest BCUT2D eigenvalue weighted by atomic mass is 9.84. The quantitative estimate of drug-likeness (QED) is 0.427. The molecule has 0 spiro atoms. The number of hydrogen-bond donors (Lipinski definition) is 2. The van der Waals surface area contributed by atoms with Gasteiger partial charge in [-0.05, 0) is 60.2 Å². The smallest absolute Gasteiger partial charge is 0.420 e. The molecule has 31 heavy (non-hydrogen) atoms. The van der Waals surface area contributed by atoms with E-state index >= 15 is 0 Å². The van der Waals surface area contributed by atoms with Gasteiger partial charge in [0.25, 0.3) is 0 Å². The Bertz CT molecular complexity index is 1120. The van der Waals surface area contributed by atoms with E-state index in [9.17, 15) is 18.0 Å². The number of fused-ring (bicyclic) bond motifs is 1. The third-order valence-corrected chi connectivity index (χ3v) is 6.00. The Hall–Kier alpha value is -2.67. The van der Waals surface area contributed by atoms with Gasteiger partial charge in [-0.3, -0.25) is 4.79 Å². The topological polar surface area (TPSA) is 62.3 Å². The summed E-state index contributed by atoms with van der Waals surface area (Å²) in [6, 6.07) is 7.07. The zero-order chi connectivity index (χ0) is 22.2. The zero-order valence-electron chi connectivity index (χ0n) is 16.6. The first kappa shape index (κ1) is 21.6. The van der Waals surface area contributed by atoms with Gasteiger partial charge in [-0.25, -0.2) is 0 Å². The summed E-state index contributed by atoms with van der Waals surface area (Å²) in [6.07, 6.45) is 2.40. The molecule has 0 amide bonds. The summed E-state index contributed by atoms with van der Waals surface area (Å²) in [6.45, 7) is 0. The van der Waals surface area contributed by atoms with E-state index in [4.69, 9.17) is 21.4 Å². The summed E-state index contributed by atoms with van der Waals surface area (Å²) in [5, 5.41) is 9.55. The number of ether oxygens (including phenoxy) is 1. The second-order valence-electron chi connectivity index (χ2n) is 7.91. The number of H-pyrrole nitrogens is 1. The van der Waals surface area contributed by atoms with Crippen molar-refractivity contribution in [2.24, 2.45) is 0 Å². The summed E-state index contributed by atoms with van der Waals surface area (Å²) in [4.78, 5) is 14.2. The van der Waals surface area contributed by atoms with Crippen LogP contribution < -0.4 is 4.74 Å². The van der Waals surface area contributed by atoms with E-state index in [2.05, 4.69) is 4.98 Å². The minimum atomic E-state index is -4.75. The molecule has 1 aromatic heterocycles. The van der Waals surface area contributed by atoms with Gasteiger partial charge in [0, 0.05) is 17.1 Å². The van der Waals surface area contributed by atoms with E-state index < -0.39 is 29.9 Å². The van der Waals surface area contributed by atoms with Gasteiger partial charge in [-0.15, -0.1) is 0 Å². The van der Waals surface area contributed by atoms with Crippen LogP contribution in [0, 0.1) is 0 Å². The molecule has 0 bridgehead atoms. The average Bonchev–Trinajstić information content (AvgIpc) is 3.12. The monoisotopic (exact) mass is 451 g/mol. The number of carboxylic acid groups (broad SMARTS) is 1. The van der Waals surface area contributed by atoms with Crippen molar-refractivity contribution in [1.82, 2.24) is 4.98 Å². The van der Waals surface area contributed by atoms with Crippen molar-refractivity contribution in [3.63, 3.8) is 0 Å². The van der Waals surface area contributed by atoms with Crippen LogP contribution in [0.5, 0.6) is 11.5 Å². The molecule has 1 saturated carbocycles. The molecule has 1 heterocycles. The first-order valence-corrected chi connectivity index (χ1v) is 10.5. The Morgan fingerprint density at radius 2 is 1.90 bits per heavy atom. The molecule has 1 aliphatic rings. The Kier molecular flexibility index (Phi) is 5.88. The summed E-state index contributed by atoms with van der Waals surface area (Å²) in [5.74, 6) is -1.12. The Balaban J connectivity index is 1.72. The molecule has 4 rings (SSSR count). The van der Waals surface area contributed by atoms with Crippen LogP contribution in [0.25, 0.3) is 10.9 Å². The van der Waals surface area contributed by atoms with Crippen LogP contribution in [-0.4, -0.2) is 16.1 Å². The van der Waals surface area contributed by atoms with Crippen LogP contribution in [0.15, 0.2) is 36.5 Å². The normalized spacial score (nSPS) is 15.4. The van der Waals surface area contributed by atoms with Crippen molar-refractivity contribution in [1.29, 1.82) is 0 Å². The van der Waals surface area contributed by atoms with E-state index in [0.717, 1.165) is 35.4 Å². The van der Waals surface area contributed by atoms with Crippen LogP contribution in [0.1, 0.15) is 54.7 Å². The first-order chi connectivity index (χ1) is 14.7. The summed E-state index contributed by atoms with van der Waals surface area (Å²) in [7, 11) is 0. The van der Waals surface area contributed by atoms with Crippen LogP contribution >= 0.6 is 11.6 Å². The summed E-state index contributed by atoms with van der Waals surface area (Å²) < 4.78 is 46.6. The van der Waals surface area contributed by atoms with Gasteiger partial charge in [0.1, 0.15) is 5.75 Å². The van der Waals surface area contributed by atoms with Crippen LogP contribution in [0.2, 0.25) is 5.02 Å². The predicted molar refractivity (Wildman–Crippen MR) is 112 cm³/mol. The molecule has 0 saturated heterocycles. The molecule has 164 valence electrons. The van der Waals surface area contributed by atoms with Crippen LogP contribution in [0.3, 0.4) is 0 Å². The SMILES string of the molecule is O=C(O)Cc1cc(Cl)c(Oc2ccc3[nH]cc(C4CCCCC4)c3c2)c(C(F)(F)F)c1. The fourth-order valence-electron chi connectivity index (χ4n) is 4.29. The second kappa shape index (κ2) is 8.46. The molecule has 1 fully saturated rings. The van der Waals surface area contributed by atoms with Crippen LogP contribution in [0.4, 0.5) is 13.2 Å². The van der Waals surface area contributed by atoms with Crippen molar-refractivity contribution >= 4 is 28.5 Å². The molecule has 1 aliphatic carbocycles. The van der Waals surface area contributed by atoms with Gasteiger partial charge in [0.05, 0.1) is 17.0 Å². The molecular formula is C23H21ClF3NO3. The number of nitrogens with one attached hydrogen (secondary N) is 1. The lowest BCUT2D eigenvalue weighted by molar-refractivity contribution is -0.139. The molecule has 0 radical (unpaired) electrons. The fraction of sp³-hybridized carbons (Fsp3) is 0.348. The van der Waals surface area contributed by atoms with Crippen LogP contribution in [-0.2, 0) is 17.4 Å². The van der Waals surface area contributed by atoms with Gasteiger partial charge >= 0.3 is 12.1 Å². The number of aromatic amines is 1. The Labute approximate surface area is 182 Å². The second-order valence-corrected chi connectivity index (χ2v) is 8.32. The molecule has 0 aliphatic heterocycles. The summed E-state index contributed by atoms with van der Waals surface area (Å²) in [5.41, 5.74) is 0.904. The van der Waals surface area contributed by atoms with Crippen molar-refractivity contribution in [3.05, 3.63) is 58.2 Å². The molecule has 0 atom stereocenters. The number of aliphatic carboxylic acids is 1. The number of hydrogen-bond acceptors (Lipinski definition) is 2. The Morgan fingerprint density at radius 1 is 1.16 bits per heavy atom. The maximum absolute atomic E-state index is 13.7. The third kappa shape index (κ3) is 4.66. The van der Waals surface area contributed by atoms with Gasteiger partial charge in [0.2, 0.25) is 0 Å². The lowest BCUT2D eigenvalue weighted by Crippen LogP contribution is -2.10. The van der Waals surface area contributed by atoms with E-state index in [-0.39, 0.29) is 16.3 Å². The highest BCUT2D eigenvalue weighted by molar-refractivity contribution is 6.32. The molecule has 3 aromatic rings. The zero-order valence-corrected chi connectivity index (χ0v) is 17.3. The number of halogens is 4. The standard InChI is InChI=1S/C23H21ClF3NO3/c24-19-9-13(10-21(29)30)8-18(23(25,26)27)22(19)31-15-6-7-20-16(11-15)17(12-28-20)14-4-2-1-3-5-14/h6-9,11-12,14,28H,1-5,10H2,(H,29,30). The van der Waals surface area contributed by atoms with E-state index in [0.29, 0.717) is 5.92 Å². The van der Waals surface area contributed by atoms with Crippen molar-refractivity contribution in [2.75, 3.05) is 0 Å². The number of carbonyl (C=O) groups is 1. The molecule has 8 heteroatoms. The highest BCUT2D eigenvalue weighted by atomic mass is 35.5. The number of carboxylic acids is 1. The maximum Gasteiger partial charge on any atom is 0.420 e. The largest absolute Gasteiger partial charge is 0.481 e. The lowest BCUT2D eigenvalue weighted by Gasteiger charge is -2.21. The summed E-state index contributed by atoms with van der Waals surface area (Å²) >= 11 is 6.10. The minimum Gasteiger partial charge on any atom is -0.481 e. The number of benzene rings is 2. The van der Waals surface area contributed by atoms with Crippen molar-refractivity contribution in [3.8, 4) is 11.5 Å². The number of rotatable bonds is 5. The molecule has 2 N–H and O–H groups in total. The fourth-order valence-corrected chi connectivity index (χ4v) is 4.58. The van der Waals surface area contributed by atoms with Gasteiger partial charge < -0.3 is 14.8 Å².